The van der Waals surface area contributed by atoms with Crippen molar-refractivity contribution in [2.75, 3.05) is 31.1 Å². The third-order valence-corrected chi connectivity index (χ3v) is 2.34. The normalized spacial score (nSPS) is 16.5. The van der Waals surface area contributed by atoms with Gasteiger partial charge in [-0.15, -0.1) is 0 Å². The minimum absolute atomic E-state index is 0.453. The molecule has 1 aliphatic heterocycles. The van der Waals surface area contributed by atoms with Gasteiger partial charge in [-0.3, -0.25) is 4.79 Å². The largest absolute Gasteiger partial charge is 0.363 e. The molecule has 15 heavy (non-hydrogen) atoms. The van der Waals surface area contributed by atoms with Gasteiger partial charge in [0.1, 0.15) is 0 Å². The van der Waals surface area contributed by atoms with Crippen LogP contribution in [0.5, 0.6) is 0 Å². The highest BCUT2D eigenvalue weighted by molar-refractivity contribution is 5.48. The lowest BCUT2D eigenvalue weighted by molar-refractivity contribution is -0.118. The molecule has 1 fully saturated rings. The molecule has 1 aromatic rings. The van der Waals surface area contributed by atoms with Crippen LogP contribution in [0.2, 0.25) is 0 Å². The third-order valence-electron chi connectivity index (χ3n) is 2.34. The number of hydrogen-bond donors (Lipinski definition) is 1. The summed E-state index contributed by atoms with van der Waals surface area (Å²) in [6.07, 6.45) is 2.35. The fourth-order valence-corrected chi connectivity index (χ4v) is 1.51. The van der Waals surface area contributed by atoms with Gasteiger partial charge >= 0.3 is 5.69 Å². The lowest BCUT2D eigenvalue weighted by atomic mass is 10.3. The molecule has 2 rings (SSSR count). The summed E-state index contributed by atoms with van der Waals surface area (Å²) in [6, 6.07) is 0. The monoisotopic (exact) mass is 209 g/mol. The smallest absolute Gasteiger partial charge is 0.352 e. The van der Waals surface area contributed by atoms with E-state index in [1.54, 1.807) is 4.90 Å². The maximum absolute atomic E-state index is 10.9. The average molecular weight is 209 g/mol. The Morgan fingerprint density at radius 1 is 1.33 bits per heavy atom. The molecule has 1 saturated heterocycles. The second kappa shape index (κ2) is 4.07. The molecular weight excluding hydrogens is 198 g/mol. The predicted octanol–water partition coefficient (Wildman–Crippen LogP) is -1.56. The van der Waals surface area contributed by atoms with Gasteiger partial charge in [-0.05, 0) is 0 Å². The molecule has 80 valence electrons. The van der Waals surface area contributed by atoms with Crippen molar-refractivity contribution in [2.45, 2.75) is 0 Å². The summed E-state index contributed by atoms with van der Waals surface area (Å²) in [7, 11) is 0. The van der Waals surface area contributed by atoms with Gasteiger partial charge in [-0.2, -0.15) is 10.1 Å². The third kappa shape index (κ3) is 2.12. The lowest BCUT2D eigenvalue weighted by Crippen LogP contribution is -2.46. The van der Waals surface area contributed by atoms with Gasteiger partial charge in [0, 0.05) is 26.2 Å². The van der Waals surface area contributed by atoms with E-state index in [0.717, 1.165) is 6.41 Å². The first-order valence-electron chi connectivity index (χ1n) is 4.65. The molecule has 0 bridgehead atoms. The van der Waals surface area contributed by atoms with Crippen molar-refractivity contribution in [3.05, 3.63) is 16.7 Å². The van der Waals surface area contributed by atoms with Crippen LogP contribution in [0.3, 0.4) is 0 Å². The number of rotatable bonds is 2. The second-order valence-electron chi connectivity index (χ2n) is 3.27. The van der Waals surface area contributed by atoms with E-state index in [1.807, 2.05) is 4.90 Å². The van der Waals surface area contributed by atoms with Crippen LogP contribution in [0.1, 0.15) is 0 Å². The standard InChI is InChI=1S/C8H11N5O2/c14-6-12-1-3-13(4-2-12)7-5-9-11-8(15)10-7/h5-6H,1-4H2,(H,10,11,15). The molecule has 2 heterocycles. The zero-order chi connectivity index (χ0) is 10.7. The summed E-state index contributed by atoms with van der Waals surface area (Å²) in [5.41, 5.74) is -0.453. The Morgan fingerprint density at radius 3 is 2.67 bits per heavy atom. The summed E-state index contributed by atoms with van der Waals surface area (Å²) in [6.45, 7) is 2.66. The van der Waals surface area contributed by atoms with E-state index in [1.165, 1.54) is 6.20 Å². The fourth-order valence-electron chi connectivity index (χ4n) is 1.51. The summed E-state index contributed by atoms with van der Waals surface area (Å²) in [5, 5.41) is 5.89. The maximum Gasteiger partial charge on any atom is 0.363 e. The first-order chi connectivity index (χ1) is 7.29. The van der Waals surface area contributed by atoms with Crippen LogP contribution in [-0.4, -0.2) is 52.7 Å². The SMILES string of the molecule is O=CN1CCN(c2cn[nH]c(=O)n2)CC1. The molecule has 0 unspecified atom stereocenters. The van der Waals surface area contributed by atoms with E-state index in [0.29, 0.717) is 32.0 Å². The number of carbonyl (C=O) groups is 1. The Kier molecular flexibility index (Phi) is 2.61. The van der Waals surface area contributed by atoms with Crippen molar-refractivity contribution in [3.8, 4) is 0 Å². The molecule has 0 atom stereocenters. The van der Waals surface area contributed by atoms with Crippen LogP contribution in [0.4, 0.5) is 5.82 Å². The van der Waals surface area contributed by atoms with Gasteiger partial charge in [0.15, 0.2) is 5.82 Å². The molecule has 1 amide bonds. The van der Waals surface area contributed by atoms with E-state index < -0.39 is 5.69 Å². The second-order valence-corrected chi connectivity index (χ2v) is 3.27. The van der Waals surface area contributed by atoms with Gasteiger partial charge in [0.05, 0.1) is 6.20 Å². The number of aromatic amines is 1. The molecule has 7 heteroatoms. The number of aromatic nitrogens is 3. The molecule has 0 aliphatic carbocycles. The topological polar surface area (TPSA) is 82.2 Å². The number of piperazine rings is 1. The lowest BCUT2D eigenvalue weighted by Gasteiger charge is -2.32. The average Bonchev–Trinajstić information content (AvgIpc) is 2.29. The molecule has 1 aliphatic rings. The van der Waals surface area contributed by atoms with Crippen LogP contribution in [0.25, 0.3) is 0 Å². The van der Waals surface area contributed by atoms with Gasteiger partial charge < -0.3 is 9.80 Å². The number of nitrogens with one attached hydrogen (secondary N) is 1. The highest BCUT2D eigenvalue weighted by Crippen LogP contribution is 2.08. The highest BCUT2D eigenvalue weighted by Gasteiger charge is 2.16. The van der Waals surface area contributed by atoms with E-state index in [4.69, 9.17) is 0 Å². The first kappa shape index (κ1) is 9.63. The molecule has 0 aromatic carbocycles. The minimum atomic E-state index is -0.453. The summed E-state index contributed by atoms with van der Waals surface area (Å²) in [4.78, 5) is 28.8. The molecule has 0 spiro atoms. The van der Waals surface area contributed by atoms with Gasteiger partial charge in [-0.25, -0.2) is 9.89 Å². The van der Waals surface area contributed by atoms with Crippen LogP contribution >= 0.6 is 0 Å². The predicted molar refractivity (Wildman–Crippen MR) is 52.5 cm³/mol. The number of nitrogens with zero attached hydrogens (tertiary/aromatic N) is 4. The van der Waals surface area contributed by atoms with Crippen molar-refractivity contribution < 1.29 is 4.79 Å². The zero-order valence-corrected chi connectivity index (χ0v) is 8.09. The van der Waals surface area contributed by atoms with Crippen molar-refractivity contribution in [1.29, 1.82) is 0 Å². The molecule has 0 saturated carbocycles. The van der Waals surface area contributed by atoms with E-state index in [-0.39, 0.29) is 0 Å². The minimum Gasteiger partial charge on any atom is -0.352 e. The van der Waals surface area contributed by atoms with Crippen molar-refractivity contribution in [2.24, 2.45) is 0 Å². The first-order valence-corrected chi connectivity index (χ1v) is 4.65. The molecular formula is C8H11N5O2. The zero-order valence-electron chi connectivity index (χ0n) is 8.09. The van der Waals surface area contributed by atoms with Crippen LogP contribution in [0.15, 0.2) is 11.0 Å². The number of carbonyl (C=O) groups excluding carboxylic acids is 1. The van der Waals surface area contributed by atoms with Gasteiger partial charge in [0.25, 0.3) is 0 Å². The van der Waals surface area contributed by atoms with Crippen molar-refractivity contribution >= 4 is 12.2 Å². The van der Waals surface area contributed by atoms with Crippen LogP contribution in [0, 0.1) is 0 Å². The van der Waals surface area contributed by atoms with E-state index >= 15 is 0 Å². The number of hydrogen-bond acceptors (Lipinski definition) is 5. The van der Waals surface area contributed by atoms with Crippen LogP contribution in [-0.2, 0) is 4.79 Å². The Morgan fingerprint density at radius 2 is 2.07 bits per heavy atom. The quantitative estimate of drug-likeness (QED) is 0.596. The molecule has 0 radical (unpaired) electrons. The summed E-state index contributed by atoms with van der Waals surface area (Å²) >= 11 is 0. The van der Waals surface area contributed by atoms with Crippen molar-refractivity contribution in [1.82, 2.24) is 20.1 Å². The Hall–Kier alpha value is -1.92. The number of H-pyrrole nitrogens is 1. The summed E-state index contributed by atoms with van der Waals surface area (Å²) < 4.78 is 0. The molecule has 7 nitrogen and oxygen atoms in total. The Labute approximate surface area is 85.7 Å². The molecule has 1 aromatic heterocycles. The number of amides is 1. The number of anilines is 1. The molecule has 1 N–H and O–H groups in total. The van der Waals surface area contributed by atoms with Crippen molar-refractivity contribution in [3.63, 3.8) is 0 Å². The van der Waals surface area contributed by atoms with Gasteiger partial charge in [0.2, 0.25) is 6.41 Å². The maximum atomic E-state index is 10.9. The van der Waals surface area contributed by atoms with Gasteiger partial charge in [-0.1, -0.05) is 0 Å². The van der Waals surface area contributed by atoms with Crippen LogP contribution < -0.4 is 10.6 Å². The summed E-state index contributed by atoms with van der Waals surface area (Å²) in [5.74, 6) is 0.560. The highest BCUT2D eigenvalue weighted by atomic mass is 16.1. The fraction of sp³-hybridized carbons (Fsp3) is 0.500. The Balaban J connectivity index is 2.07. The van der Waals surface area contributed by atoms with E-state index in [9.17, 15) is 9.59 Å². The van der Waals surface area contributed by atoms with E-state index in [2.05, 4.69) is 15.2 Å². The Bertz CT molecular complexity index is 396.